The average molecular weight is 350 g/mol. The van der Waals surface area contributed by atoms with Crippen LogP contribution >= 0.6 is 0 Å². The van der Waals surface area contributed by atoms with E-state index in [9.17, 15) is 18.0 Å². The van der Waals surface area contributed by atoms with Crippen LogP contribution in [0.5, 0.6) is 0 Å². The number of nitrogens with one attached hydrogen (secondary N) is 1. The number of likely N-dealkylation sites (tertiary alicyclic amines) is 1. The minimum Gasteiger partial charge on any atom is -0.323 e. The molecule has 1 saturated heterocycles. The van der Waals surface area contributed by atoms with Crippen LogP contribution in [0.4, 0.5) is 18.9 Å². The fourth-order valence-corrected chi connectivity index (χ4v) is 3.05. The van der Waals surface area contributed by atoms with Gasteiger partial charge in [0.15, 0.2) is 0 Å². The number of rotatable bonds is 4. The summed E-state index contributed by atoms with van der Waals surface area (Å²) in [6.07, 6.45) is -0.444. The predicted molar refractivity (Wildman–Crippen MR) is 85.4 cm³/mol. The number of amides is 1. The summed E-state index contributed by atoms with van der Waals surface area (Å²) >= 11 is 0. The Balaban J connectivity index is 1.72. The minimum absolute atomic E-state index is 0.0542. The Bertz CT molecular complexity index is 709. The molecule has 0 spiro atoms. The number of anilines is 1. The lowest BCUT2D eigenvalue weighted by Crippen LogP contribution is -2.36. The fourth-order valence-electron chi connectivity index (χ4n) is 3.05. The lowest BCUT2D eigenvalue weighted by molar-refractivity contribution is -0.182. The SMILES string of the molecule is O=C(Nc1cncnc1)[C@@H]1CN(Cc2ccccc2)C[C@H]1C(F)(F)F. The third kappa shape index (κ3) is 4.33. The summed E-state index contributed by atoms with van der Waals surface area (Å²) < 4.78 is 40.2. The van der Waals surface area contributed by atoms with E-state index in [1.807, 2.05) is 30.3 Å². The number of carbonyl (C=O) groups excluding carboxylic acids is 1. The summed E-state index contributed by atoms with van der Waals surface area (Å²) in [5.74, 6) is -3.52. The van der Waals surface area contributed by atoms with Crippen molar-refractivity contribution in [1.29, 1.82) is 0 Å². The van der Waals surface area contributed by atoms with E-state index in [0.29, 0.717) is 6.54 Å². The van der Waals surface area contributed by atoms with Gasteiger partial charge in [-0.15, -0.1) is 0 Å². The Kier molecular flexibility index (Phi) is 4.98. The van der Waals surface area contributed by atoms with Crippen molar-refractivity contribution >= 4 is 11.6 Å². The van der Waals surface area contributed by atoms with E-state index < -0.39 is 23.9 Å². The molecule has 2 atom stereocenters. The van der Waals surface area contributed by atoms with E-state index in [-0.39, 0.29) is 18.8 Å². The maximum atomic E-state index is 13.4. The topological polar surface area (TPSA) is 58.1 Å². The Morgan fingerprint density at radius 2 is 1.84 bits per heavy atom. The number of benzene rings is 1. The van der Waals surface area contributed by atoms with Crippen molar-refractivity contribution in [1.82, 2.24) is 14.9 Å². The van der Waals surface area contributed by atoms with Crippen LogP contribution in [0.1, 0.15) is 5.56 Å². The summed E-state index contributed by atoms with van der Waals surface area (Å²) in [5, 5.41) is 2.48. The van der Waals surface area contributed by atoms with Crippen LogP contribution in [0.15, 0.2) is 49.1 Å². The lowest BCUT2D eigenvalue weighted by atomic mass is 9.94. The zero-order valence-electron chi connectivity index (χ0n) is 13.3. The largest absolute Gasteiger partial charge is 0.393 e. The third-order valence-corrected chi connectivity index (χ3v) is 4.23. The molecule has 0 bridgehead atoms. The molecule has 0 unspecified atom stereocenters. The molecule has 0 aliphatic carbocycles. The molecule has 2 heterocycles. The van der Waals surface area contributed by atoms with Crippen LogP contribution in [0.3, 0.4) is 0 Å². The van der Waals surface area contributed by atoms with Gasteiger partial charge in [-0.25, -0.2) is 9.97 Å². The van der Waals surface area contributed by atoms with Crippen LogP contribution < -0.4 is 5.32 Å². The van der Waals surface area contributed by atoms with Gasteiger partial charge in [0.05, 0.1) is 29.9 Å². The molecule has 1 N–H and O–H groups in total. The first kappa shape index (κ1) is 17.3. The summed E-state index contributed by atoms with van der Waals surface area (Å²) in [6.45, 7) is 0.242. The first-order chi connectivity index (χ1) is 11.9. The molecule has 1 amide bonds. The second kappa shape index (κ2) is 7.18. The van der Waals surface area contributed by atoms with Crippen molar-refractivity contribution < 1.29 is 18.0 Å². The maximum Gasteiger partial charge on any atom is 0.393 e. The molecule has 1 aliphatic rings. The van der Waals surface area contributed by atoms with Crippen molar-refractivity contribution in [2.24, 2.45) is 11.8 Å². The smallest absolute Gasteiger partial charge is 0.323 e. The van der Waals surface area contributed by atoms with Gasteiger partial charge in [0.25, 0.3) is 0 Å². The van der Waals surface area contributed by atoms with E-state index in [1.165, 1.54) is 18.7 Å². The van der Waals surface area contributed by atoms with Gasteiger partial charge in [-0.2, -0.15) is 13.2 Å². The van der Waals surface area contributed by atoms with Crippen LogP contribution in [0, 0.1) is 11.8 Å². The molecule has 132 valence electrons. The van der Waals surface area contributed by atoms with Gasteiger partial charge >= 0.3 is 6.18 Å². The van der Waals surface area contributed by atoms with Crippen molar-refractivity contribution in [2.45, 2.75) is 12.7 Å². The third-order valence-electron chi connectivity index (χ3n) is 4.23. The average Bonchev–Trinajstić information content (AvgIpc) is 3.01. The molecule has 2 aromatic rings. The van der Waals surface area contributed by atoms with E-state index in [2.05, 4.69) is 15.3 Å². The van der Waals surface area contributed by atoms with Crippen molar-refractivity contribution in [3.8, 4) is 0 Å². The quantitative estimate of drug-likeness (QED) is 0.921. The Morgan fingerprint density at radius 3 is 2.48 bits per heavy atom. The number of aromatic nitrogens is 2. The van der Waals surface area contributed by atoms with Gasteiger partial charge in [-0.3, -0.25) is 9.69 Å². The molecule has 1 aromatic carbocycles. The van der Waals surface area contributed by atoms with Crippen LogP contribution in [-0.2, 0) is 11.3 Å². The van der Waals surface area contributed by atoms with Gasteiger partial charge in [-0.1, -0.05) is 30.3 Å². The standard InChI is InChI=1S/C17H17F3N4O/c18-17(19,20)15-10-24(8-12-4-2-1-3-5-12)9-14(15)16(25)23-13-6-21-11-22-7-13/h1-7,11,14-15H,8-10H2,(H,23,25)/t14-,15-/m1/s1. The van der Waals surface area contributed by atoms with Gasteiger partial charge in [0, 0.05) is 19.6 Å². The highest BCUT2D eigenvalue weighted by molar-refractivity contribution is 5.92. The van der Waals surface area contributed by atoms with Crippen LogP contribution in [0.25, 0.3) is 0 Å². The number of hydrogen-bond donors (Lipinski definition) is 1. The van der Waals surface area contributed by atoms with Gasteiger partial charge < -0.3 is 5.32 Å². The number of alkyl halides is 3. The molecule has 0 saturated carbocycles. The normalized spacial score (nSPS) is 21.2. The molecule has 1 aromatic heterocycles. The van der Waals surface area contributed by atoms with Crippen molar-refractivity contribution in [3.63, 3.8) is 0 Å². The Labute approximate surface area is 142 Å². The van der Waals surface area contributed by atoms with E-state index in [1.54, 1.807) is 4.90 Å². The first-order valence-corrected chi connectivity index (χ1v) is 7.82. The van der Waals surface area contributed by atoms with Crippen LogP contribution in [-0.4, -0.2) is 40.0 Å². The van der Waals surface area contributed by atoms with Crippen LogP contribution in [0.2, 0.25) is 0 Å². The summed E-state index contributed by atoms with van der Waals surface area (Å²) in [7, 11) is 0. The summed E-state index contributed by atoms with van der Waals surface area (Å²) in [5.41, 5.74) is 1.20. The van der Waals surface area contributed by atoms with Crippen molar-refractivity contribution in [3.05, 3.63) is 54.6 Å². The number of carbonyl (C=O) groups is 1. The molecular formula is C17H17F3N4O. The van der Waals surface area contributed by atoms with Gasteiger partial charge in [-0.05, 0) is 5.56 Å². The highest BCUT2D eigenvalue weighted by Crippen LogP contribution is 2.38. The number of halogens is 3. The van der Waals surface area contributed by atoms with E-state index in [4.69, 9.17) is 0 Å². The van der Waals surface area contributed by atoms with Gasteiger partial charge in [0.2, 0.25) is 5.91 Å². The predicted octanol–water partition coefficient (Wildman–Crippen LogP) is 2.73. The zero-order valence-corrected chi connectivity index (χ0v) is 13.3. The monoisotopic (exact) mass is 350 g/mol. The summed E-state index contributed by atoms with van der Waals surface area (Å²) in [6, 6.07) is 9.25. The number of hydrogen-bond acceptors (Lipinski definition) is 4. The first-order valence-electron chi connectivity index (χ1n) is 7.82. The lowest BCUT2D eigenvalue weighted by Gasteiger charge is -2.20. The number of nitrogens with zero attached hydrogens (tertiary/aromatic N) is 3. The van der Waals surface area contributed by atoms with Gasteiger partial charge in [0.1, 0.15) is 6.33 Å². The molecule has 1 aliphatic heterocycles. The molecule has 0 radical (unpaired) electrons. The second-order valence-electron chi connectivity index (χ2n) is 6.05. The molecule has 1 fully saturated rings. The molecule has 5 nitrogen and oxygen atoms in total. The highest BCUT2D eigenvalue weighted by Gasteiger charge is 2.52. The fraction of sp³-hybridized carbons (Fsp3) is 0.353. The second-order valence-corrected chi connectivity index (χ2v) is 6.05. The van der Waals surface area contributed by atoms with Crippen molar-refractivity contribution in [2.75, 3.05) is 18.4 Å². The Morgan fingerprint density at radius 1 is 1.16 bits per heavy atom. The zero-order chi connectivity index (χ0) is 17.9. The molecule has 25 heavy (non-hydrogen) atoms. The molecule has 8 heteroatoms. The Hall–Kier alpha value is -2.48. The summed E-state index contributed by atoms with van der Waals surface area (Å²) in [4.78, 5) is 21.5. The van der Waals surface area contributed by atoms with E-state index >= 15 is 0 Å². The van der Waals surface area contributed by atoms with E-state index in [0.717, 1.165) is 5.56 Å². The molecule has 3 rings (SSSR count). The highest BCUT2D eigenvalue weighted by atomic mass is 19.4. The maximum absolute atomic E-state index is 13.4. The molecular weight excluding hydrogens is 333 g/mol. The minimum atomic E-state index is -4.43.